The maximum absolute atomic E-state index is 14.5. The first-order chi connectivity index (χ1) is 15.5. The average Bonchev–Trinajstić information content (AvgIpc) is 3.43. The van der Waals surface area contributed by atoms with E-state index < -0.39 is 22.4 Å². The molecule has 32 heavy (non-hydrogen) atoms. The number of benzene rings is 1. The molecule has 2 saturated heterocycles. The summed E-state index contributed by atoms with van der Waals surface area (Å²) in [6, 6.07) is 7.08. The Morgan fingerprint density at radius 1 is 1.12 bits per heavy atom. The molecule has 1 aromatic carbocycles. The zero-order valence-corrected chi connectivity index (χ0v) is 18.3. The summed E-state index contributed by atoms with van der Waals surface area (Å²) in [5.41, 5.74) is 2.31. The molecule has 5 rings (SSSR count). The highest BCUT2D eigenvalue weighted by Crippen LogP contribution is 2.38. The number of hydrogen-bond donors (Lipinski definition) is 1. The number of nitrogens with zero attached hydrogens (tertiary/aromatic N) is 3. The number of aromatic nitrogens is 2. The minimum Gasteiger partial charge on any atom is -0.364 e. The van der Waals surface area contributed by atoms with E-state index in [4.69, 9.17) is 0 Å². The molecule has 0 bridgehead atoms. The molecule has 0 unspecified atom stereocenters. The molecule has 0 aliphatic carbocycles. The molecule has 2 aliphatic rings. The van der Waals surface area contributed by atoms with Crippen LogP contribution in [0.4, 0.5) is 14.5 Å². The number of hydrogen-bond acceptors (Lipinski definition) is 4. The van der Waals surface area contributed by atoms with Crippen LogP contribution in [0.2, 0.25) is 0 Å². The Bertz CT molecular complexity index is 1190. The van der Waals surface area contributed by atoms with Crippen molar-refractivity contribution >= 4 is 27.9 Å². The lowest BCUT2D eigenvalue weighted by molar-refractivity contribution is 0.0936. The SMILES string of the molecule is O=C(NC1CCS(=O)CC1)c1cnn2ccc(N3CCC[C@@H]3c3cc(F)ccc3F)cc12. The second kappa shape index (κ2) is 8.61. The van der Waals surface area contributed by atoms with Crippen LogP contribution in [0.15, 0.2) is 42.7 Å². The number of halogens is 2. The van der Waals surface area contributed by atoms with Gasteiger partial charge in [-0.05, 0) is 56.0 Å². The summed E-state index contributed by atoms with van der Waals surface area (Å²) in [6.45, 7) is 0.714. The van der Waals surface area contributed by atoms with Crippen molar-refractivity contribution in [2.24, 2.45) is 0 Å². The van der Waals surface area contributed by atoms with E-state index in [2.05, 4.69) is 15.3 Å². The molecule has 9 heteroatoms. The smallest absolute Gasteiger partial charge is 0.255 e. The van der Waals surface area contributed by atoms with Crippen LogP contribution in [0.3, 0.4) is 0 Å². The third-order valence-electron chi connectivity index (χ3n) is 6.37. The Morgan fingerprint density at radius 3 is 2.75 bits per heavy atom. The van der Waals surface area contributed by atoms with E-state index in [9.17, 15) is 17.8 Å². The number of carbonyl (C=O) groups is 1. The highest BCUT2D eigenvalue weighted by Gasteiger charge is 2.29. The molecule has 4 heterocycles. The third kappa shape index (κ3) is 4.01. The summed E-state index contributed by atoms with van der Waals surface area (Å²) in [4.78, 5) is 15.0. The second-order valence-corrected chi connectivity index (χ2v) is 10.1. The zero-order valence-electron chi connectivity index (χ0n) is 17.5. The number of pyridine rings is 1. The number of fused-ring (bicyclic) bond motifs is 1. The van der Waals surface area contributed by atoms with Crippen LogP contribution in [0.1, 0.15) is 47.6 Å². The molecule has 1 atom stereocenters. The number of nitrogens with one attached hydrogen (secondary N) is 1. The Labute approximate surface area is 187 Å². The largest absolute Gasteiger partial charge is 0.364 e. The number of amides is 1. The molecule has 6 nitrogen and oxygen atoms in total. The molecule has 168 valence electrons. The van der Waals surface area contributed by atoms with Crippen molar-refractivity contribution in [1.29, 1.82) is 0 Å². The summed E-state index contributed by atoms with van der Waals surface area (Å²) in [5.74, 6) is 0.143. The van der Waals surface area contributed by atoms with Gasteiger partial charge in [-0.3, -0.25) is 9.00 Å². The number of carbonyl (C=O) groups excluding carboxylic acids is 1. The average molecular weight is 459 g/mol. The summed E-state index contributed by atoms with van der Waals surface area (Å²) in [6.07, 6.45) is 6.32. The van der Waals surface area contributed by atoms with Gasteiger partial charge < -0.3 is 10.2 Å². The summed E-state index contributed by atoms with van der Waals surface area (Å²) < 4.78 is 41.5. The molecule has 1 amide bonds. The van der Waals surface area contributed by atoms with E-state index in [1.807, 2.05) is 12.1 Å². The van der Waals surface area contributed by atoms with E-state index in [1.165, 1.54) is 12.1 Å². The van der Waals surface area contributed by atoms with Gasteiger partial charge in [0.25, 0.3) is 5.91 Å². The Kier molecular flexibility index (Phi) is 5.67. The quantitative estimate of drug-likeness (QED) is 0.649. The summed E-state index contributed by atoms with van der Waals surface area (Å²) in [5, 5.41) is 7.33. The van der Waals surface area contributed by atoms with Crippen LogP contribution in [0.25, 0.3) is 5.52 Å². The fourth-order valence-electron chi connectivity index (χ4n) is 4.69. The maximum atomic E-state index is 14.5. The zero-order chi connectivity index (χ0) is 22.2. The molecule has 3 aromatic rings. The highest BCUT2D eigenvalue weighted by molar-refractivity contribution is 7.85. The van der Waals surface area contributed by atoms with Gasteiger partial charge in [-0.1, -0.05) is 0 Å². The Morgan fingerprint density at radius 2 is 1.94 bits per heavy atom. The third-order valence-corrected chi connectivity index (χ3v) is 7.76. The van der Waals surface area contributed by atoms with Gasteiger partial charge >= 0.3 is 0 Å². The van der Waals surface area contributed by atoms with Gasteiger partial charge in [0.15, 0.2) is 0 Å². The van der Waals surface area contributed by atoms with Crippen LogP contribution in [-0.2, 0) is 10.8 Å². The van der Waals surface area contributed by atoms with E-state index >= 15 is 0 Å². The first-order valence-corrected chi connectivity index (χ1v) is 12.3. The van der Waals surface area contributed by atoms with Crippen molar-refractivity contribution in [3.05, 3.63) is 65.5 Å². The van der Waals surface area contributed by atoms with E-state index in [0.717, 1.165) is 24.6 Å². The van der Waals surface area contributed by atoms with Crippen molar-refractivity contribution < 1.29 is 17.8 Å². The minimum absolute atomic E-state index is 0.0113. The maximum Gasteiger partial charge on any atom is 0.255 e. The first-order valence-electron chi connectivity index (χ1n) is 10.8. The van der Waals surface area contributed by atoms with Crippen molar-refractivity contribution in [2.45, 2.75) is 37.8 Å². The van der Waals surface area contributed by atoms with Crippen LogP contribution in [0.5, 0.6) is 0 Å². The van der Waals surface area contributed by atoms with Gasteiger partial charge in [-0.15, -0.1) is 0 Å². The van der Waals surface area contributed by atoms with Crippen molar-refractivity contribution in [2.75, 3.05) is 23.0 Å². The lowest BCUT2D eigenvalue weighted by Gasteiger charge is -2.27. The van der Waals surface area contributed by atoms with Gasteiger partial charge in [-0.2, -0.15) is 5.10 Å². The molecule has 2 fully saturated rings. The van der Waals surface area contributed by atoms with Crippen molar-refractivity contribution in [1.82, 2.24) is 14.9 Å². The second-order valence-electron chi connectivity index (χ2n) is 8.39. The van der Waals surface area contributed by atoms with Crippen LogP contribution in [-0.4, -0.2) is 43.8 Å². The first kappa shape index (κ1) is 21.1. The van der Waals surface area contributed by atoms with Crippen molar-refractivity contribution in [3.8, 4) is 0 Å². The highest BCUT2D eigenvalue weighted by atomic mass is 32.2. The van der Waals surface area contributed by atoms with Gasteiger partial charge in [-0.25, -0.2) is 13.3 Å². The fourth-order valence-corrected chi connectivity index (χ4v) is 5.99. The predicted molar refractivity (Wildman–Crippen MR) is 119 cm³/mol. The summed E-state index contributed by atoms with van der Waals surface area (Å²) in [7, 11) is -0.785. The molecule has 2 aromatic heterocycles. The molecule has 0 spiro atoms. The molecule has 2 aliphatic heterocycles. The molecular weight excluding hydrogens is 434 g/mol. The Balaban J connectivity index is 1.42. The Hall–Kier alpha value is -2.81. The molecule has 1 N–H and O–H groups in total. The van der Waals surface area contributed by atoms with Gasteiger partial charge in [0.2, 0.25) is 0 Å². The monoisotopic (exact) mass is 458 g/mol. The van der Waals surface area contributed by atoms with E-state index in [-0.39, 0.29) is 18.0 Å². The van der Waals surface area contributed by atoms with Crippen LogP contribution >= 0.6 is 0 Å². The molecule has 0 saturated carbocycles. The lowest BCUT2D eigenvalue weighted by Crippen LogP contribution is -2.39. The number of anilines is 1. The lowest BCUT2D eigenvalue weighted by atomic mass is 10.0. The van der Waals surface area contributed by atoms with Gasteiger partial charge in [0, 0.05) is 52.3 Å². The van der Waals surface area contributed by atoms with Crippen LogP contribution < -0.4 is 10.2 Å². The number of rotatable bonds is 4. The topological polar surface area (TPSA) is 66.7 Å². The van der Waals surface area contributed by atoms with Gasteiger partial charge in [0.05, 0.1) is 23.3 Å². The molecular formula is C23H24F2N4O2S. The minimum atomic E-state index is -0.785. The predicted octanol–water partition coefficient (Wildman–Crippen LogP) is 3.59. The fraction of sp³-hybridized carbons (Fsp3) is 0.391. The van der Waals surface area contributed by atoms with E-state index in [1.54, 1.807) is 16.9 Å². The van der Waals surface area contributed by atoms with Crippen LogP contribution in [0, 0.1) is 11.6 Å². The van der Waals surface area contributed by atoms with Crippen molar-refractivity contribution in [3.63, 3.8) is 0 Å². The standard InChI is InChI=1S/C23H24F2N4O2S/c24-15-3-4-20(25)18(12-15)21-2-1-8-28(21)17-5-9-29-22(13-17)19(14-26-29)23(30)27-16-6-10-32(31)11-7-16/h3-5,9,12-14,16,21H,1-2,6-8,10-11H2,(H,27,30)/t16?,21-,32?/m1/s1. The van der Waals surface area contributed by atoms with Gasteiger partial charge in [0.1, 0.15) is 11.6 Å². The summed E-state index contributed by atoms with van der Waals surface area (Å²) >= 11 is 0. The molecule has 0 radical (unpaired) electrons. The normalized spacial score (nSPS) is 23.6. The van der Waals surface area contributed by atoms with E-state index in [0.29, 0.717) is 47.5 Å².